The highest BCUT2D eigenvalue weighted by molar-refractivity contribution is 6.34. The molecule has 0 N–H and O–H groups in total. The summed E-state index contributed by atoms with van der Waals surface area (Å²) in [4.78, 5) is 16.3. The van der Waals surface area contributed by atoms with E-state index in [1.165, 1.54) is 34.6 Å². The molecule has 0 aliphatic carbocycles. The van der Waals surface area contributed by atoms with Crippen molar-refractivity contribution in [2.75, 3.05) is 28.4 Å². The first-order valence-corrected chi connectivity index (χ1v) is 6.13. The van der Waals surface area contributed by atoms with Crippen LogP contribution >= 0.6 is 11.6 Å². The van der Waals surface area contributed by atoms with Gasteiger partial charge in [-0.15, -0.1) is 0 Å². The van der Waals surface area contributed by atoms with Crippen LogP contribution < -0.4 is 18.9 Å². The number of methoxy groups -OCH3 is 4. The van der Waals surface area contributed by atoms with Gasteiger partial charge in [0.2, 0.25) is 11.8 Å². The van der Waals surface area contributed by atoms with Gasteiger partial charge in [-0.05, 0) is 0 Å². The van der Waals surface area contributed by atoms with Crippen LogP contribution in [0.1, 0.15) is 0 Å². The van der Waals surface area contributed by atoms with Crippen LogP contribution in [0.2, 0.25) is 5.02 Å². The highest BCUT2D eigenvalue weighted by Gasteiger charge is 2.20. The van der Waals surface area contributed by atoms with E-state index in [2.05, 4.69) is 19.9 Å². The molecule has 0 saturated heterocycles. The molecule has 0 aromatic carbocycles. The quantitative estimate of drug-likeness (QED) is 0.823. The van der Waals surface area contributed by atoms with E-state index in [1.807, 2.05) is 0 Å². The lowest BCUT2D eigenvalue weighted by Gasteiger charge is -2.11. The van der Waals surface area contributed by atoms with Gasteiger partial charge in [-0.2, -0.15) is 15.0 Å². The van der Waals surface area contributed by atoms with Crippen molar-refractivity contribution < 1.29 is 18.9 Å². The number of hydrogen-bond donors (Lipinski definition) is 0. The highest BCUT2D eigenvalue weighted by Crippen LogP contribution is 2.37. The Balaban J connectivity index is 2.65. The Labute approximate surface area is 126 Å². The smallest absolute Gasteiger partial charge is 0.320 e. The van der Waals surface area contributed by atoms with Crippen molar-refractivity contribution in [3.8, 4) is 35.0 Å². The van der Waals surface area contributed by atoms with Crippen LogP contribution in [0.5, 0.6) is 23.8 Å². The van der Waals surface area contributed by atoms with E-state index < -0.39 is 0 Å². The molecule has 0 atom stereocenters. The van der Waals surface area contributed by atoms with E-state index in [9.17, 15) is 0 Å². The van der Waals surface area contributed by atoms with Gasteiger partial charge in [0.05, 0.1) is 34.0 Å². The predicted molar refractivity (Wildman–Crippen MR) is 74.3 cm³/mol. The maximum atomic E-state index is 6.23. The third-order valence-electron chi connectivity index (χ3n) is 2.54. The van der Waals surface area contributed by atoms with Gasteiger partial charge in [0.1, 0.15) is 10.7 Å². The Kier molecular flexibility index (Phi) is 4.59. The van der Waals surface area contributed by atoms with Crippen molar-refractivity contribution in [3.05, 3.63) is 11.2 Å². The fourth-order valence-electron chi connectivity index (χ4n) is 1.58. The molecule has 21 heavy (non-hydrogen) atoms. The minimum Gasteiger partial charge on any atom is -0.480 e. The monoisotopic (exact) mass is 312 g/mol. The fraction of sp³-hybridized carbons (Fsp3) is 0.333. The molecule has 2 aromatic rings. The van der Waals surface area contributed by atoms with Gasteiger partial charge in [0.15, 0.2) is 0 Å². The van der Waals surface area contributed by atoms with E-state index in [0.717, 1.165) is 0 Å². The molecule has 0 fully saturated rings. The zero-order valence-corrected chi connectivity index (χ0v) is 12.6. The van der Waals surface area contributed by atoms with E-state index in [-0.39, 0.29) is 28.8 Å². The van der Waals surface area contributed by atoms with Gasteiger partial charge >= 0.3 is 12.0 Å². The summed E-state index contributed by atoms with van der Waals surface area (Å²) in [5.74, 6) is 0.433. The summed E-state index contributed by atoms with van der Waals surface area (Å²) in [6, 6.07) is 0.267. The molecule has 2 aromatic heterocycles. The number of ether oxygens (including phenoxy) is 4. The second-order valence-electron chi connectivity index (χ2n) is 3.66. The van der Waals surface area contributed by atoms with Crippen LogP contribution in [0.15, 0.2) is 6.20 Å². The van der Waals surface area contributed by atoms with Crippen LogP contribution in [0.25, 0.3) is 11.3 Å². The summed E-state index contributed by atoms with van der Waals surface area (Å²) >= 11 is 6.23. The second kappa shape index (κ2) is 6.40. The molecule has 0 amide bonds. The van der Waals surface area contributed by atoms with Crippen molar-refractivity contribution in [1.29, 1.82) is 0 Å². The lowest BCUT2D eigenvalue weighted by molar-refractivity contribution is 0.350. The zero-order chi connectivity index (χ0) is 15.4. The molecule has 0 aliphatic heterocycles. The summed E-state index contributed by atoms with van der Waals surface area (Å²) in [6.45, 7) is 0. The summed E-state index contributed by atoms with van der Waals surface area (Å²) < 4.78 is 20.3. The number of rotatable bonds is 5. The van der Waals surface area contributed by atoms with Crippen molar-refractivity contribution in [3.63, 3.8) is 0 Å². The fourth-order valence-corrected chi connectivity index (χ4v) is 1.84. The molecule has 2 rings (SSSR count). The molecular weight excluding hydrogens is 300 g/mol. The maximum Gasteiger partial charge on any atom is 0.320 e. The maximum absolute atomic E-state index is 6.23. The minimum absolute atomic E-state index is 0.101. The van der Waals surface area contributed by atoms with E-state index in [1.54, 1.807) is 0 Å². The molecular formula is C12H13ClN4O4. The van der Waals surface area contributed by atoms with Crippen LogP contribution in [0, 0.1) is 0 Å². The Morgan fingerprint density at radius 3 is 2.00 bits per heavy atom. The minimum atomic E-state index is 0.101. The molecule has 9 heteroatoms. The topological polar surface area (TPSA) is 88.5 Å². The average molecular weight is 313 g/mol. The van der Waals surface area contributed by atoms with Gasteiger partial charge in [-0.3, -0.25) is 0 Å². The lowest BCUT2D eigenvalue weighted by atomic mass is 10.2. The third kappa shape index (κ3) is 2.89. The molecule has 0 unspecified atom stereocenters. The average Bonchev–Trinajstić information content (AvgIpc) is 2.54. The standard InChI is InChI=1S/C12H13ClN4O4/c1-18-9-6(5-14-11(16-9)20-3)8-7(13)10(19-2)17-12(15-8)21-4/h5H,1-4H3. The normalized spacial score (nSPS) is 10.1. The van der Waals surface area contributed by atoms with Crippen LogP contribution in [0.3, 0.4) is 0 Å². The van der Waals surface area contributed by atoms with Crippen molar-refractivity contribution in [2.24, 2.45) is 0 Å². The molecule has 8 nitrogen and oxygen atoms in total. The van der Waals surface area contributed by atoms with Crippen LogP contribution in [-0.2, 0) is 0 Å². The SMILES string of the molecule is COc1ncc(-c2nc(OC)nc(OC)c2Cl)c(OC)n1. The molecule has 0 bridgehead atoms. The third-order valence-corrected chi connectivity index (χ3v) is 2.88. The molecule has 0 radical (unpaired) electrons. The van der Waals surface area contributed by atoms with Gasteiger partial charge in [-0.1, -0.05) is 11.6 Å². The Hall–Kier alpha value is -2.35. The predicted octanol–water partition coefficient (Wildman–Crippen LogP) is 1.62. The Bertz CT molecular complexity index is 653. The van der Waals surface area contributed by atoms with Gasteiger partial charge in [-0.25, -0.2) is 4.98 Å². The highest BCUT2D eigenvalue weighted by atomic mass is 35.5. The van der Waals surface area contributed by atoms with E-state index >= 15 is 0 Å². The number of hydrogen-bond acceptors (Lipinski definition) is 8. The Morgan fingerprint density at radius 1 is 0.810 bits per heavy atom. The molecule has 112 valence electrons. The largest absolute Gasteiger partial charge is 0.480 e. The number of halogens is 1. The van der Waals surface area contributed by atoms with Crippen LogP contribution in [0.4, 0.5) is 0 Å². The Morgan fingerprint density at radius 2 is 1.43 bits per heavy atom. The van der Waals surface area contributed by atoms with Gasteiger partial charge < -0.3 is 18.9 Å². The molecule has 2 heterocycles. The molecule has 0 aliphatic rings. The van der Waals surface area contributed by atoms with E-state index in [4.69, 9.17) is 30.5 Å². The van der Waals surface area contributed by atoms with Crippen molar-refractivity contribution in [2.45, 2.75) is 0 Å². The first-order valence-electron chi connectivity index (χ1n) is 5.75. The van der Waals surface area contributed by atoms with Gasteiger partial charge in [0, 0.05) is 6.20 Å². The zero-order valence-electron chi connectivity index (χ0n) is 11.9. The summed E-state index contributed by atoms with van der Waals surface area (Å²) in [5.41, 5.74) is 0.794. The second-order valence-corrected chi connectivity index (χ2v) is 4.04. The first kappa shape index (κ1) is 15.0. The van der Waals surface area contributed by atoms with Crippen molar-refractivity contribution in [1.82, 2.24) is 19.9 Å². The molecule has 0 spiro atoms. The summed E-state index contributed by atoms with van der Waals surface area (Å²) in [6.07, 6.45) is 1.48. The first-order chi connectivity index (χ1) is 10.1. The lowest BCUT2D eigenvalue weighted by Crippen LogP contribution is -2.02. The van der Waals surface area contributed by atoms with Gasteiger partial charge in [0.25, 0.3) is 0 Å². The summed E-state index contributed by atoms with van der Waals surface area (Å²) in [5, 5.41) is 0.199. The van der Waals surface area contributed by atoms with E-state index in [0.29, 0.717) is 11.3 Å². The number of aromatic nitrogens is 4. The van der Waals surface area contributed by atoms with Crippen LogP contribution in [-0.4, -0.2) is 48.4 Å². The summed E-state index contributed by atoms with van der Waals surface area (Å²) in [7, 11) is 5.81. The molecule has 0 saturated carbocycles. The van der Waals surface area contributed by atoms with Crippen molar-refractivity contribution >= 4 is 11.6 Å². The number of nitrogens with zero attached hydrogens (tertiary/aromatic N) is 4.